The van der Waals surface area contributed by atoms with Crippen LogP contribution in [0.2, 0.25) is 0 Å². The number of carbonyl (C=O) groups is 1. The van der Waals surface area contributed by atoms with Crippen LogP contribution < -0.4 is 5.32 Å². The van der Waals surface area contributed by atoms with Gasteiger partial charge in [-0.2, -0.15) is 0 Å². The molecule has 77 heavy (non-hydrogen) atoms. The summed E-state index contributed by atoms with van der Waals surface area (Å²) in [5.74, 6) is -0.195. The predicted molar refractivity (Wildman–Crippen MR) is 327 cm³/mol. The summed E-state index contributed by atoms with van der Waals surface area (Å²) in [4.78, 5) is 13.1. The predicted octanol–water partition coefficient (Wildman–Crippen LogP) is 16.1. The van der Waals surface area contributed by atoms with Gasteiger partial charge in [-0.3, -0.25) is 4.79 Å². The lowest BCUT2D eigenvalue weighted by molar-refractivity contribution is -0.302. The fourth-order valence-electron chi connectivity index (χ4n) is 8.87. The standard InChI is InChI=1S/C68H113NO8/c1-3-5-7-9-11-13-15-17-19-20-21-22-23-24-25-26-27-28-29-30-31-32-33-34-35-36-37-38-39-40-41-42-44-46-48-50-52-54-56-58-64(72)69-61(60-76-68-67(75)66(74)65(73)63(59-70)77-68)62(71)57-55-53-51-49-47-45-43-18-16-14-12-10-8-6-4-2/h5,7,11,13,17,19,21-22,24-25,27-28,30-31,33-34,36-37,47,49,55,57,61-63,65-68,70-71,73-75H,3-4,6,8-10,12,14-16,18,20,23,26,29,32,35,38-46,48,50-54,56,58-60H2,1-2H3,(H,69,72)/b7-5-,13-11-,19-17-,22-21-,25-24-,28-27-,31-30-,34-33-,37-36-,49-47+,57-55+. The van der Waals surface area contributed by atoms with Crippen molar-refractivity contribution in [3.05, 3.63) is 134 Å². The second kappa shape index (κ2) is 55.6. The zero-order valence-electron chi connectivity index (χ0n) is 48.7. The van der Waals surface area contributed by atoms with Crippen LogP contribution in [-0.4, -0.2) is 87.5 Å². The van der Waals surface area contributed by atoms with Crippen molar-refractivity contribution >= 4 is 5.91 Å². The first-order valence-corrected chi connectivity index (χ1v) is 30.9. The summed E-state index contributed by atoms with van der Waals surface area (Å²) >= 11 is 0. The van der Waals surface area contributed by atoms with Gasteiger partial charge >= 0.3 is 0 Å². The SMILES string of the molecule is CC/C=C\C/C=C\C/C=C\C/C=C\C/C=C\C/C=C\C/C=C\C/C=C\C/C=C\CCCCCCCCCCCCCC(=O)NC(COC1OC(CO)C(O)C(O)C1O)C(O)/C=C/CC/C=C/CCCCCCCCCCC. The molecule has 1 fully saturated rings. The lowest BCUT2D eigenvalue weighted by atomic mass is 9.99. The monoisotopic (exact) mass is 1070 g/mol. The van der Waals surface area contributed by atoms with Crippen molar-refractivity contribution in [3.8, 4) is 0 Å². The molecule has 7 unspecified atom stereocenters. The van der Waals surface area contributed by atoms with Gasteiger partial charge in [0.15, 0.2) is 6.29 Å². The third-order valence-electron chi connectivity index (χ3n) is 13.7. The third-order valence-corrected chi connectivity index (χ3v) is 13.7. The molecule has 1 amide bonds. The molecule has 438 valence electrons. The molecule has 0 bridgehead atoms. The fraction of sp³-hybridized carbons (Fsp3) is 0.662. The minimum absolute atomic E-state index is 0.195. The molecule has 1 aliphatic rings. The maximum absolute atomic E-state index is 13.1. The van der Waals surface area contributed by atoms with Gasteiger partial charge in [0.25, 0.3) is 0 Å². The van der Waals surface area contributed by atoms with Gasteiger partial charge < -0.3 is 40.3 Å². The lowest BCUT2D eigenvalue weighted by Gasteiger charge is -2.40. The molecule has 0 saturated carbocycles. The number of unbranched alkanes of at least 4 members (excludes halogenated alkanes) is 21. The van der Waals surface area contributed by atoms with Gasteiger partial charge in [0, 0.05) is 6.42 Å². The Hall–Kier alpha value is -3.67. The Labute approximate surface area is 471 Å². The molecule has 0 aromatic rings. The summed E-state index contributed by atoms with van der Waals surface area (Å²) < 4.78 is 11.2. The molecule has 0 radical (unpaired) electrons. The quantitative estimate of drug-likeness (QED) is 0.0261. The van der Waals surface area contributed by atoms with Crippen molar-refractivity contribution in [2.24, 2.45) is 0 Å². The maximum Gasteiger partial charge on any atom is 0.220 e. The number of rotatable bonds is 51. The lowest BCUT2D eigenvalue weighted by Crippen LogP contribution is -2.60. The summed E-state index contributed by atoms with van der Waals surface area (Å²) in [6, 6.07) is -0.832. The molecule has 1 rings (SSSR count). The zero-order chi connectivity index (χ0) is 55.8. The van der Waals surface area contributed by atoms with Crippen molar-refractivity contribution in [1.29, 1.82) is 0 Å². The van der Waals surface area contributed by atoms with E-state index in [1.165, 1.54) is 103 Å². The molecular weight excluding hydrogens is 959 g/mol. The number of allylic oxidation sites excluding steroid dienone is 21. The number of hydrogen-bond donors (Lipinski definition) is 6. The molecule has 0 aliphatic carbocycles. The molecule has 7 atom stereocenters. The van der Waals surface area contributed by atoms with Crippen LogP contribution in [0.15, 0.2) is 134 Å². The molecule has 1 heterocycles. The Morgan fingerprint density at radius 2 is 0.818 bits per heavy atom. The highest BCUT2D eigenvalue weighted by Gasteiger charge is 2.44. The van der Waals surface area contributed by atoms with Crippen molar-refractivity contribution in [2.75, 3.05) is 13.2 Å². The van der Waals surface area contributed by atoms with Gasteiger partial charge in [-0.1, -0.05) is 257 Å². The number of amides is 1. The van der Waals surface area contributed by atoms with Crippen LogP contribution in [-0.2, 0) is 14.3 Å². The Morgan fingerprint density at radius 3 is 1.25 bits per heavy atom. The maximum atomic E-state index is 13.1. The Morgan fingerprint density at radius 1 is 0.455 bits per heavy atom. The van der Waals surface area contributed by atoms with E-state index in [-0.39, 0.29) is 12.5 Å². The molecule has 0 aromatic carbocycles. The average molecular weight is 1070 g/mol. The van der Waals surface area contributed by atoms with Crippen LogP contribution in [0.5, 0.6) is 0 Å². The summed E-state index contributed by atoms with van der Waals surface area (Å²) in [5.41, 5.74) is 0. The van der Waals surface area contributed by atoms with E-state index in [0.717, 1.165) is 109 Å². The molecule has 1 aliphatic heterocycles. The van der Waals surface area contributed by atoms with Gasteiger partial charge in [-0.05, 0) is 103 Å². The first-order valence-electron chi connectivity index (χ1n) is 30.9. The van der Waals surface area contributed by atoms with E-state index >= 15 is 0 Å². The number of hydrogen-bond acceptors (Lipinski definition) is 8. The highest BCUT2D eigenvalue weighted by molar-refractivity contribution is 5.76. The highest BCUT2D eigenvalue weighted by Crippen LogP contribution is 2.23. The molecule has 9 heteroatoms. The molecule has 0 aromatic heterocycles. The number of aliphatic hydroxyl groups is 5. The van der Waals surface area contributed by atoms with Crippen LogP contribution in [0, 0.1) is 0 Å². The Balaban J connectivity index is 2.16. The van der Waals surface area contributed by atoms with Crippen LogP contribution in [0.3, 0.4) is 0 Å². The summed E-state index contributed by atoms with van der Waals surface area (Å²) in [6.45, 7) is 3.63. The van der Waals surface area contributed by atoms with Gasteiger partial charge in [0.2, 0.25) is 5.91 Å². The van der Waals surface area contributed by atoms with E-state index in [9.17, 15) is 30.3 Å². The van der Waals surface area contributed by atoms with Crippen LogP contribution in [0.1, 0.15) is 232 Å². The van der Waals surface area contributed by atoms with E-state index < -0.39 is 49.5 Å². The van der Waals surface area contributed by atoms with Crippen molar-refractivity contribution < 1.29 is 39.8 Å². The first-order chi connectivity index (χ1) is 37.8. The number of nitrogens with one attached hydrogen (secondary N) is 1. The molecular formula is C68H113NO8. The average Bonchev–Trinajstić information content (AvgIpc) is 3.43. The van der Waals surface area contributed by atoms with E-state index in [0.29, 0.717) is 6.42 Å². The minimum atomic E-state index is -1.58. The Kier molecular flexibility index (Phi) is 51.5. The number of aliphatic hydroxyl groups excluding tert-OH is 5. The summed E-state index contributed by atoms with van der Waals surface area (Å²) in [6.07, 6.45) is 78.1. The fourth-order valence-corrected chi connectivity index (χ4v) is 8.87. The highest BCUT2D eigenvalue weighted by atomic mass is 16.7. The second-order valence-corrected chi connectivity index (χ2v) is 20.8. The molecule has 9 nitrogen and oxygen atoms in total. The zero-order valence-corrected chi connectivity index (χ0v) is 48.7. The molecule has 6 N–H and O–H groups in total. The van der Waals surface area contributed by atoms with E-state index in [1.54, 1.807) is 6.08 Å². The van der Waals surface area contributed by atoms with Crippen molar-refractivity contribution in [3.63, 3.8) is 0 Å². The van der Waals surface area contributed by atoms with Crippen LogP contribution >= 0.6 is 0 Å². The number of carbonyl (C=O) groups excluding carboxylic acids is 1. The first kappa shape index (κ1) is 71.3. The van der Waals surface area contributed by atoms with Gasteiger partial charge in [-0.15, -0.1) is 0 Å². The summed E-state index contributed by atoms with van der Waals surface area (Å²) in [7, 11) is 0. The van der Waals surface area contributed by atoms with Gasteiger partial charge in [0.05, 0.1) is 25.4 Å². The van der Waals surface area contributed by atoms with Gasteiger partial charge in [-0.25, -0.2) is 0 Å². The second-order valence-electron chi connectivity index (χ2n) is 20.8. The molecule has 0 spiro atoms. The largest absolute Gasteiger partial charge is 0.394 e. The normalized spacial score (nSPS) is 19.7. The van der Waals surface area contributed by atoms with Crippen molar-refractivity contribution in [2.45, 2.75) is 275 Å². The van der Waals surface area contributed by atoms with Crippen LogP contribution in [0.4, 0.5) is 0 Å². The van der Waals surface area contributed by atoms with E-state index in [2.05, 4.69) is 141 Å². The number of ether oxygens (including phenoxy) is 2. The Bertz CT molecular complexity index is 1670. The van der Waals surface area contributed by atoms with Gasteiger partial charge in [0.1, 0.15) is 24.4 Å². The third kappa shape index (κ3) is 44.8. The summed E-state index contributed by atoms with van der Waals surface area (Å²) in [5, 5.41) is 54.5. The van der Waals surface area contributed by atoms with Crippen molar-refractivity contribution in [1.82, 2.24) is 5.32 Å². The van der Waals surface area contributed by atoms with Crippen LogP contribution in [0.25, 0.3) is 0 Å². The van der Waals surface area contributed by atoms with E-state index in [4.69, 9.17) is 9.47 Å². The smallest absolute Gasteiger partial charge is 0.220 e. The minimum Gasteiger partial charge on any atom is -0.394 e. The topological polar surface area (TPSA) is 149 Å². The van der Waals surface area contributed by atoms with E-state index in [1.807, 2.05) is 6.08 Å². The molecule has 1 saturated heterocycles.